The molecule has 0 aromatic heterocycles. The minimum atomic E-state index is -5.80. The van der Waals surface area contributed by atoms with Crippen LogP contribution in [0.4, 0.5) is 30.7 Å². The first kappa shape index (κ1) is 17.1. The largest absolute Gasteiger partial charge is 0.436 e. The van der Waals surface area contributed by atoms with Crippen LogP contribution in [0.5, 0.6) is 0 Å². The van der Waals surface area contributed by atoms with Gasteiger partial charge in [0.1, 0.15) is 5.82 Å². The van der Waals surface area contributed by atoms with Gasteiger partial charge in [-0.25, -0.2) is 4.39 Å². The van der Waals surface area contributed by atoms with Crippen molar-refractivity contribution in [1.29, 1.82) is 0 Å². The summed E-state index contributed by atoms with van der Waals surface area (Å²) in [6.07, 6.45) is -11.6. The van der Waals surface area contributed by atoms with Crippen LogP contribution in [0.15, 0.2) is 18.2 Å². The highest BCUT2D eigenvalue weighted by Crippen LogP contribution is 2.49. The lowest BCUT2D eigenvalue weighted by Gasteiger charge is -2.32. The topological polar surface area (TPSA) is 9.23 Å². The molecule has 9 heteroatoms. The summed E-state index contributed by atoms with van der Waals surface area (Å²) in [6.45, 7) is 0.129. The van der Waals surface area contributed by atoms with E-state index in [0.29, 0.717) is 0 Å². The van der Waals surface area contributed by atoms with Crippen molar-refractivity contribution in [2.45, 2.75) is 30.8 Å². The molecule has 0 unspecified atom stereocenters. The Labute approximate surface area is 115 Å². The monoisotopic (exact) mass is 322 g/mol. The van der Waals surface area contributed by atoms with Gasteiger partial charge in [0.2, 0.25) is 0 Å². The Morgan fingerprint density at radius 2 is 1.55 bits per heavy atom. The van der Waals surface area contributed by atoms with Gasteiger partial charge in [0.25, 0.3) is 0 Å². The van der Waals surface area contributed by atoms with Gasteiger partial charge < -0.3 is 4.74 Å². The molecule has 114 valence electrons. The van der Waals surface area contributed by atoms with Crippen molar-refractivity contribution in [3.8, 4) is 0 Å². The van der Waals surface area contributed by atoms with E-state index in [1.807, 2.05) is 0 Å². The fraction of sp³-hybridized carbons (Fsp3) is 0.455. The predicted molar refractivity (Wildman–Crippen MR) is 59.8 cm³/mol. The van der Waals surface area contributed by atoms with Gasteiger partial charge in [0.15, 0.2) is 0 Å². The molecule has 0 bridgehead atoms. The van der Waals surface area contributed by atoms with Gasteiger partial charge in [-0.3, -0.25) is 0 Å². The van der Waals surface area contributed by atoms with Crippen LogP contribution in [-0.2, 0) is 11.3 Å². The van der Waals surface area contributed by atoms with E-state index in [0.717, 1.165) is 6.07 Å². The lowest BCUT2D eigenvalue weighted by atomic mass is 10.1. The highest BCUT2D eigenvalue weighted by atomic mass is 32.1. The minimum Gasteiger partial charge on any atom is -0.344 e. The third-order valence-electron chi connectivity index (χ3n) is 2.55. The first-order valence-electron chi connectivity index (χ1n) is 5.14. The molecule has 0 saturated carbocycles. The number of halogens is 7. The molecular formula is C11H9F7OS. The van der Waals surface area contributed by atoms with E-state index < -0.39 is 29.7 Å². The molecule has 1 aromatic rings. The summed E-state index contributed by atoms with van der Waals surface area (Å²) >= 11 is 2.58. The molecule has 1 rings (SSSR count). The molecule has 0 radical (unpaired) electrons. The fourth-order valence-corrected chi connectivity index (χ4v) is 1.41. The number of hydrogen-bond donors (Lipinski definition) is 1. The van der Waals surface area contributed by atoms with E-state index in [-0.39, 0.29) is 11.1 Å². The normalized spacial score (nSPS) is 13.7. The van der Waals surface area contributed by atoms with Crippen LogP contribution in [0.1, 0.15) is 11.1 Å². The molecule has 0 aliphatic carbocycles. The lowest BCUT2D eigenvalue weighted by Crippen LogP contribution is -2.54. The highest BCUT2D eigenvalue weighted by Gasteiger charge is 2.70. The third kappa shape index (κ3) is 3.20. The van der Waals surface area contributed by atoms with E-state index in [1.54, 1.807) is 0 Å². The molecule has 0 aliphatic heterocycles. The van der Waals surface area contributed by atoms with Crippen molar-refractivity contribution in [1.82, 2.24) is 0 Å². The van der Waals surface area contributed by atoms with Gasteiger partial charge in [-0.15, -0.1) is 12.6 Å². The zero-order chi connectivity index (χ0) is 15.8. The number of rotatable bonds is 3. The molecule has 0 aliphatic rings. The van der Waals surface area contributed by atoms with Crippen molar-refractivity contribution in [2.24, 2.45) is 0 Å². The molecule has 0 saturated heterocycles. The Hall–Kier alpha value is -0.960. The number of ether oxygens (including phenoxy) is 1. The van der Waals surface area contributed by atoms with Crippen LogP contribution in [0, 0.1) is 12.7 Å². The molecule has 0 atom stereocenters. The number of alkyl halides is 6. The Bertz CT molecular complexity index is 446. The fourth-order valence-electron chi connectivity index (χ4n) is 1.35. The number of thiol groups is 1. The van der Waals surface area contributed by atoms with Gasteiger partial charge in [-0.05, 0) is 18.6 Å². The van der Waals surface area contributed by atoms with E-state index >= 15 is 0 Å². The van der Waals surface area contributed by atoms with Gasteiger partial charge in [0.05, 0.1) is 6.61 Å². The number of aryl methyl sites for hydroxylation is 1. The van der Waals surface area contributed by atoms with Crippen molar-refractivity contribution in [2.75, 3.05) is 0 Å². The van der Waals surface area contributed by atoms with Crippen LogP contribution in [0.2, 0.25) is 0 Å². The standard InChI is InChI=1S/C11H9F7OS/c1-6-3-2-4-8(12)7(6)5-19-9(20,10(13,14)15)11(16,17)18/h2-4,20H,5H2,1H3. The summed E-state index contributed by atoms with van der Waals surface area (Å²) in [7, 11) is 0. The Morgan fingerprint density at radius 1 is 1.05 bits per heavy atom. The average Bonchev–Trinajstić information content (AvgIpc) is 2.24. The second-order valence-electron chi connectivity index (χ2n) is 3.96. The maximum atomic E-state index is 13.4. The van der Waals surface area contributed by atoms with E-state index in [9.17, 15) is 30.7 Å². The molecule has 0 amide bonds. The Kier molecular flexibility index (Phi) is 4.65. The molecule has 0 spiro atoms. The first-order chi connectivity index (χ1) is 8.90. The van der Waals surface area contributed by atoms with E-state index in [1.165, 1.54) is 19.1 Å². The first-order valence-corrected chi connectivity index (χ1v) is 5.58. The predicted octanol–water partition coefficient (Wildman–Crippen LogP) is 4.40. The molecule has 0 heterocycles. The molecule has 0 N–H and O–H groups in total. The second kappa shape index (κ2) is 5.44. The zero-order valence-electron chi connectivity index (χ0n) is 9.94. The van der Waals surface area contributed by atoms with Gasteiger partial charge >= 0.3 is 17.3 Å². The molecule has 1 nitrogen and oxygen atoms in total. The van der Waals surface area contributed by atoms with Gasteiger partial charge in [-0.1, -0.05) is 12.1 Å². The average molecular weight is 322 g/mol. The molecule has 20 heavy (non-hydrogen) atoms. The van der Waals surface area contributed by atoms with Crippen molar-refractivity contribution < 1.29 is 35.5 Å². The minimum absolute atomic E-state index is 0.171. The van der Waals surface area contributed by atoms with Crippen molar-refractivity contribution >= 4 is 12.6 Å². The third-order valence-corrected chi connectivity index (χ3v) is 3.18. The lowest BCUT2D eigenvalue weighted by molar-refractivity contribution is -0.342. The summed E-state index contributed by atoms with van der Waals surface area (Å²) in [6, 6.07) is 3.52. The summed E-state index contributed by atoms with van der Waals surface area (Å²) < 4.78 is 92.2. The SMILES string of the molecule is Cc1cccc(F)c1COC(S)(C(F)(F)F)C(F)(F)F. The summed E-state index contributed by atoms with van der Waals surface area (Å²) in [5.74, 6) is -0.954. The van der Waals surface area contributed by atoms with Crippen LogP contribution >= 0.6 is 12.6 Å². The molecule has 0 fully saturated rings. The van der Waals surface area contributed by atoms with Gasteiger partial charge in [0, 0.05) is 5.56 Å². The Morgan fingerprint density at radius 3 is 1.95 bits per heavy atom. The van der Waals surface area contributed by atoms with Crippen LogP contribution in [0.25, 0.3) is 0 Å². The summed E-state index contributed by atoms with van der Waals surface area (Å²) in [5, 5.41) is 0. The van der Waals surface area contributed by atoms with Crippen LogP contribution in [-0.4, -0.2) is 17.3 Å². The smallest absolute Gasteiger partial charge is 0.344 e. The van der Waals surface area contributed by atoms with E-state index in [2.05, 4.69) is 17.4 Å². The summed E-state index contributed by atoms with van der Waals surface area (Å²) in [4.78, 5) is -4.66. The molecule has 1 aromatic carbocycles. The maximum Gasteiger partial charge on any atom is 0.436 e. The van der Waals surface area contributed by atoms with Crippen LogP contribution < -0.4 is 0 Å². The zero-order valence-corrected chi connectivity index (χ0v) is 10.8. The highest BCUT2D eigenvalue weighted by molar-refractivity contribution is 7.81. The number of hydrogen-bond acceptors (Lipinski definition) is 2. The number of benzene rings is 1. The Balaban J connectivity index is 3.06. The van der Waals surface area contributed by atoms with Crippen molar-refractivity contribution in [3.05, 3.63) is 35.1 Å². The van der Waals surface area contributed by atoms with E-state index in [4.69, 9.17) is 0 Å². The quantitative estimate of drug-likeness (QED) is 0.493. The second-order valence-corrected chi connectivity index (χ2v) is 4.59. The maximum absolute atomic E-state index is 13.4. The summed E-state index contributed by atoms with van der Waals surface area (Å²) in [5.41, 5.74) is -0.218. The van der Waals surface area contributed by atoms with Gasteiger partial charge in [-0.2, -0.15) is 26.3 Å². The van der Waals surface area contributed by atoms with Crippen molar-refractivity contribution in [3.63, 3.8) is 0 Å². The van der Waals surface area contributed by atoms with Crippen LogP contribution in [0.3, 0.4) is 0 Å². The molecular weight excluding hydrogens is 313 g/mol.